The zero-order chi connectivity index (χ0) is 38.0. The van der Waals surface area contributed by atoms with Crippen LogP contribution in [0.3, 0.4) is 0 Å². The van der Waals surface area contributed by atoms with Crippen LogP contribution < -0.4 is 4.74 Å². The molecular formula is C52H38N4O. The molecule has 2 aliphatic rings. The van der Waals surface area contributed by atoms with E-state index < -0.39 is 0 Å². The van der Waals surface area contributed by atoms with Gasteiger partial charge in [0.25, 0.3) is 0 Å². The minimum Gasteiger partial charge on any atom is -0.483 e. The third kappa shape index (κ3) is 5.16. The molecular weight excluding hydrogens is 697 g/mol. The van der Waals surface area contributed by atoms with Crippen molar-refractivity contribution in [2.45, 2.75) is 25.9 Å². The van der Waals surface area contributed by atoms with Crippen LogP contribution in [-0.2, 0) is 0 Å². The topological polar surface area (TPSA) is 44.9 Å². The molecule has 0 saturated heterocycles. The summed E-state index contributed by atoms with van der Waals surface area (Å²) in [5.41, 5.74) is 14.1. The Morgan fingerprint density at radius 1 is 0.596 bits per heavy atom. The fourth-order valence-corrected chi connectivity index (χ4v) is 9.11. The second-order valence-corrected chi connectivity index (χ2v) is 14.8. The average molecular weight is 735 g/mol. The van der Waals surface area contributed by atoms with Crippen LogP contribution in [0, 0.1) is 0 Å². The number of hydrogen-bond donors (Lipinski definition) is 0. The van der Waals surface area contributed by atoms with E-state index in [1.807, 2.05) is 12.1 Å². The van der Waals surface area contributed by atoms with Crippen molar-refractivity contribution < 1.29 is 4.74 Å². The van der Waals surface area contributed by atoms with Crippen LogP contribution in [0.2, 0.25) is 0 Å². The van der Waals surface area contributed by atoms with E-state index in [0.717, 1.165) is 61.7 Å². The predicted octanol–water partition coefficient (Wildman–Crippen LogP) is 13.0. The van der Waals surface area contributed by atoms with Crippen molar-refractivity contribution in [2.75, 3.05) is 0 Å². The Balaban J connectivity index is 1.21. The van der Waals surface area contributed by atoms with Gasteiger partial charge in [-0.15, -0.1) is 0 Å². The third-order valence-corrected chi connectivity index (χ3v) is 11.6. The molecule has 11 rings (SSSR count). The molecule has 5 nitrogen and oxygen atoms in total. The van der Waals surface area contributed by atoms with Crippen molar-refractivity contribution in [3.05, 3.63) is 204 Å². The molecule has 0 bridgehead atoms. The van der Waals surface area contributed by atoms with Gasteiger partial charge >= 0.3 is 0 Å². The molecule has 0 fully saturated rings. The number of fused-ring (bicyclic) bond motifs is 10. The van der Waals surface area contributed by atoms with Gasteiger partial charge in [0.15, 0.2) is 6.10 Å². The first-order valence-electron chi connectivity index (χ1n) is 19.6. The van der Waals surface area contributed by atoms with Crippen LogP contribution in [0.5, 0.6) is 5.75 Å². The quantitative estimate of drug-likeness (QED) is 0.160. The highest BCUT2D eigenvalue weighted by atomic mass is 16.5. The lowest BCUT2D eigenvalue weighted by Crippen LogP contribution is -2.20. The highest BCUT2D eigenvalue weighted by Crippen LogP contribution is 2.55. The zero-order valence-corrected chi connectivity index (χ0v) is 31.7. The summed E-state index contributed by atoms with van der Waals surface area (Å²) in [5, 5.41) is 3.60. The molecule has 1 aliphatic heterocycles. The van der Waals surface area contributed by atoms with E-state index in [2.05, 4.69) is 193 Å². The van der Waals surface area contributed by atoms with Gasteiger partial charge in [-0.25, -0.2) is 9.97 Å². The van der Waals surface area contributed by atoms with Crippen molar-refractivity contribution in [3.63, 3.8) is 0 Å². The number of ether oxygens (including phenoxy) is 1. The number of rotatable bonds is 6. The van der Waals surface area contributed by atoms with E-state index in [0.29, 0.717) is 5.95 Å². The van der Waals surface area contributed by atoms with E-state index >= 15 is 0 Å². The summed E-state index contributed by atoms with van der Waals surface area (Å²) >= 11 is 0. The molecule has 0 N–H and O–H groups in total. The molecule has 3 aromatic heterocycles. The van der Waals surface area contributed by atoms with Crippen LogP contribution in [0.4, 0.5) is 0 Å². The minimum absolute atomic E-state index is 0.0201. The first-order valence-corrected chi connectivity index (χ1v) is 19.6. The normalized spacial score (nSPS) is 16.2. The van der Waals surface area contributed by atoms with Gasteiger partial charge in [0, 0.05) is 50.0 Å². The maximum absolute atomic E-state index is 7.01. The van der Waals surface area contributed by atoms with Crippen molar-refractivity contribution in [2.24, 2.45) is 0 Å². The zero-order valence-electron chi connectivity index (χ0n) is 31.7. The second kappa shape index (κ2) is 13.2. The lowest BCUT2D eigenvalue weighted by atomic mass is 9.80. The Kier molecular flexibility index (Phi) is 7.68. The van der Waals surface area contributed by atoms with Crippen LogP contribution in [0.15, 0.2) is 182 Å². The fourth-order valence-electron chi connectivity index (χ4n) is 9.11. The molecule has 0 saturated carbocycles. The molecule has 2 unspecified atom stereocenters. The fraction of sp³-hybridized carbons (Fsp3) is 0.0769. The van der Waals surface area contributed by atoms with Crippen LogP contribution in [-0.4, -0.2) is 19.1 Å². The number of nitrogens with zero attached hydrogens (tertiary/aromatic N) is 4. The number of para-hydroxylation sites is 3. The molecule has 0 spiro atoms. The van der Waals surface area contributed by atoms with Gasteiger partial charge < -0.3 is 9.30 Å². The van der Waals surface area contributed by atoms with Gasteiger partial charge in [0.05, 0.1) is 33.6 Å². The van der Waals surface area contributed by atoms with Crippen LogP contribution in [0.1, 0.15) is 48.3 Å². The monoisotopic (exact) mass is 734 g/mol. The molecule has 5 heteroatoms. The molecule has 57 heavy (non-hydrogen) atoms. The lowest BCUT2D eigenvalue weighted by Gasteiger charge is -2.27. The smallest absolute Gasteiger partial charge is 0.235 e. The Morgan fingerprint density at radius 2 is 1.23 bits per heavy atom. The molecule has 0 radical (unpaired) electrons. The van der Waals surface area contributed by atoms with Gasteiger partial charge in [-0.05, 0) is 61.4 Å². The Hall–Kier alpha value is -7.24. The molecule has 4 heterocycles. The summed E-state index contributed by atoms with van der Waals surface area (Å²) in [6.45, 7) is 4.19. The summed E-state index contributed by atoms with van der Waals surface area (Å²) in [4.78, 5) is 10.7. The number of aromatic nitrogens is 4. The largest absolute Gasteiger partial charge is 0.483 e. The highest BCUT2D eigenvalue weighted by Gasteiger charge is 2.43. The average Bonchev–Trinajstić information content (AvgIpc) is 3.93. The highest BCUT2D eigenvalue weighted by molar-refractivity contribution is 6.12. The van der Waals surface area contributed by atoms with Crippen molar-refractivity contribution >= 4 is 44.0 Å². The molecule has 0 amide bonds. The molecule has 272 valence electrons. The SMILES string of the molecule is C/C=C\C(=C/C)n1c2ccccc2c2ccc(C3=CC4c5ccccc5OC4c4c3c3ccccc3n4-c3nc(-c4ccccc4)cc(-c4ccccc4)n3)cc21. The van der Waals surface area contributed by atoms with Gasteiger partial charge in [0.1, 0.15) is 5.75 Å². The maximum atomic E-state index is 7.01. The van der Waals surface area contributed by atoms with Crippen LogP contribution in [0.25, 0.3) is 72.4 Å². The summed E-state index contributed by atoms with van der Waals surface area (Å²) in [7, 11) is 0. The van der Waals surface area contributed by atoms with Crippen molar-refractivity contribution in [1.82, 2.24) is 19.1 Å². The predicted molar refractivity (Wildman–Crippen MR) is 234 cm³/mol. The number of benzene rings is 6. The molecule has 1 aliphatic carbocycles. The van der Waals surface area contributed by atoms with Crippen molar-refractivity contribution in [1.29, 1.82) is 0 Å². The van der Waals surface area contributed by atoms with E-state index in [1.165, 1.54) is 32.9 Å². The second-order valence-electron chi connectivity index (χ2n) is 14.8. The van der Waals surface area contributed by atoms with Gasteiger partial charge in [0.2, 0.25) is 5.95 Å². The summed E-state index contributed by atoms with van der Waals surface area (Å²) in [6.07, 6.45) is 8.66. The first-order chi connectivity index (χ1) is 28.2. The molecule has 6 aromatic carbocycles. The standard InChI is InChI=1S/C52H38N4O/c1-3-17-36(4-2)55-45-25-14-11-22-37(45)38-29-28-35(30-47(38)55)41-31-42-39-23-13-16-27-48(39)57-51(42)50-49(41)40-24-12-15-26-46(40)56(50)52-53-43(33-18-7-5-8-19-33)32-44(54-52)34-20-9-6-10-21-34/h3-32,42,51H,1-2H3/b17-3-,36-4+. The first kappa shape index (κ1) is 33.1. The Morgan fingerprint density at radius 3 is 1.95 bits per heavy atom. The number of allylic oxidation sites excluding steroid dienone is 4. The molecule has 2 atom stereocenters. The van der Waals surface area contributed by atoms with E-state index in [4.69, 9.17) is 14.7 Å². The number of hydrogen-bond acceptors (Lipinski definition) is 3. The van der Waals surface area contributed by atoms with Gasteiger partial charge in [-0.3, -0.25) is 4.57 Å². The Labute approximate surface area is 331 Å². The van der Waals surface area contributed by atoms with Gasteiger partial charge in [-0.1, -0.05) is 146 Å². The Bertz CT molecular complexity index is 3070. The third-order valence-electron chi connectivity index (χ3n) is 11.6. The van der Waals surface area contributed by atoms with E-state index in [-0.39, 0.29) is 12.0 Å². The summed E-state index contributed by atoms with van der Waals surface area (Å²) in [5.74, 6) is 1.51. The van der Waals surface area contributed by atoms with E-state index in [1.54, 1.807) is 0 Å². The van der Waals surface area contributed by atoms with E-state index in [9.17, 15) is 0 Å². The summed E-state index contributed by atoms with van der Waals surface area (Å²) in [6, 6.07) is 55.7. The summed E-state index contributed by atoms with van der Waals surface area (Å²) < 4.78 is 11.7. The van der Waals surface area contributed by atoms with Crippen molar-refractivity contribution in [3.8, 4) is 34.2 Å². The van der Waals surface area contributed by atoms with Gasteiger partial charge in [-0.2, -0.15) is 0 Å². The minimum atomic E-state index is -0.280. The lowest BCUT2D eigenvalue weighted by molar-refractivity contribution is 0.215. The molecule has 9 aromatic rings. The maximum Gasteiger partial charge on any atom is 0.235 e. The van der Waals surface area contributed by atoms with Crippen LogP contribution >= 0.6 is 0 Å².